The standard InChI is InChI=1S/C25H27.C5H5.C2H4.2ClH.Zr/c1-14-7-8-17-20(14)22-18(23-21(17)15(2)12-25(23,5)6)11-16-9-10-24(3,4)13-19(16)22;1-2-4-5-3-1;1-2;;;/h7-10,12H,11,13H2,1-6H3;1-5H;1-2H2;2*1H;/q2*-1;;;;+4/p-2. The van der Waals surface area contributed by atoms with Crippen molar-refractivity contribution in [3.8, 4) is 0 Å². The van der Waals surface area contributed by atoms with E-state index in [0.29, 0.717) is 0 Å². The number of fused-ring (bicyclic) bond motifs is 7. The van der Waals surface area contributed by atoms with Gasteiger partial charge in [0.2, 0.25) is 0 Å². The summed E-state index contributed by atoms with van der Waals surface area (Å²) in [5.74, 6) is 0. The number of allylic oxidation sites excluding steroid dienone is 6. The third-order valence-electron chi connectivity index (χ3n) is 7.13. The number of rotatable bonds is 0. The summed E-state index contributed by atoms with van der Waals surface area (Å²) in [5.41, 5.74) is 12.8. The molecule has 3 heteroatoms. The Morgan fingerprint density at radius 1 is 0.914 bits per heavy atom. The summed E-state index contributed by atoms with van der Waals surface area (Å²) in [7, 11) is 0. The average molecular weight is 583 g/mol. The van der Waals surface area contributed by atoms with Gasteiger partial charge in [0.25, 0.3) is 0 Å². The molecule has 182 valence electrons. The molecule has 2 aromatic carbocycles. The van der Waals surface area contributed by atoms with Crippen molar-refractivity contribution in [2.45, 2.75) is 59.8 Å². The second kappa shape index (κ2) is 11.8. The molecule has 0 spiro atoms. The zero-order chi connectivity index (χ0) is 23.3. The van der Waals surface area contributed by atoms with Gasteiger partial charge in [0.1, 0.15) is 0 Å². The normalized spacial score (nSPS) is 18.1. The van der Waals surface area contributed by atoms with Gasteiger partial charge < -0.3 is 24.8 Å². The Labute approximate surface area is 244 Å². The summed E-state index contributed by atoms with van der Waals surface area (Å²) in [4.78, 5) is 0. The molecular formula is C32H36Cl2Zr. The van der Waals surface area contributed by atoms with Crippen molar-refractivity contribution in [1.82, 2.24) is 0 Å². The molecular weight excluding hydrogens is 546 g/mol. The van der Waals surface area contributed by atoms with Crippen LogP contribution < -0.4 is 35.3 Å². The minimum absolute atomic E-state index is 0. The summed E-state index contributed by atoms with van der Waals surface area (Å²) < 4.78 is 0. The Morgan fingerprint density at radius 2 is 1.54 bits per heavy atom. The summed E-state index contributed by atoms with van der Waals surface area (Å²) in [5, 5.41) is 3.00. The van der Waals surface area contributed by atoms with E-state index in [1.807, 2.05) is 30.3 Å². The first-order valence-electron chi connectivity index (χ1n) is 11.7. The molecule has 35 heavy (non-hydrogen) atoms. The molecule has 0 fully saturated rings. The minimum Gasteiger partial charge on any atom is -1.00 e. The molecule has 6 rings (SSSR count). The minimum atomic E-state index is 0. The molecule has 2 aromatic rings. The van der Waals surface area contributed by atoms with Gasteiger partial charge in [0, 0.05) is 0 Å². The Balaban J connectivity index is 0.000000542. The van der Waals surface area contributed by atoms with E-state index < -0.39 is 0 Å². The van der Waals surface area contributed by atoms with Crippen LogP contribution in [0.15, 0.2) is 67.3 Å². The molecule has 0 nitrogen and oxygen atoms in total. The zero-order valence-electron chi connectivity index (χ0n) is 21.9. The fraction of sp³-hybridized carbons (Fsp3) is 0.312. The predicted octanol–water partition coefficient (Wildman–Crippen LogP) is 1.06. The maximum absolute atomic E-state index is 3.00. The molecule has 0 aromatic heterocycles. The van der Waals surface area contributed by atoms with Gasteiger partial charge in [-0.05, 0) is 53.0 Å². The molecule has 0 amide bonds. The van der Waals surface area contributed by atoms with E-state index in [1.165, 1.54) is 27.1 Å². The van der Waals surface area contributed by atoms with Gasteiger partial charge >= 0.3 is 26.2 Å². The Hall–Kier alpha value is -1.40. The van der Waals surface area contributed by atoms with Gasteiger partial charge in [-0.1, -0.05) is 75.1 Å². The first kappa shape index (κ1) is 31.6. The van der Waals surface area contributed by atoms with E-state index in [0.717, 1.165) is 12.8 Å². The molecule has 0 heterocycles. The van der Waals surface area contributed by atoms with Gasteiger partial charge in [0.05, 0.1) is 0 Å². The first-order valence-corrected chi connectivity index (χ1v) is 11.7. The molecule has 0 aliphatic heterocycles. The molecule has 0 radical (unpaired) electrons. The van der Waals surface area contributed by atoms with Crippen LogP contribution in [-0.4, -0.2) is 0 Å². The molecule has 0 bridgehead atoms. The van der Waals surface area contributed by atoms with Crippen molar-refractivity contribution >= 4 is 22.8 Å². The molecule has 0 unspecified atom stereocenters. The Morgan fingerprint density at radius 3 is 2.11 bits per heavy atom. The summed E-state index contributed by atoms with van der Waals surface area (Å²) >= 11 is 0. The van der Waals surface area contributed by atoms with Crippen LogP contribution in [0.2, 0.25) is 0 Å². The third-order valence-corrected chi connectivity index (χ3v) is 7.13. The third kappa shape index (κ3) is 5.49. The van der Waals surface area contributed by atoms with E-state index in [2.05, 4.69) is 85.4 Å². The Bertz CT molecular complexity index is 1270. The van der Waals surface area contributed by atoms with E-state index in [4.69, 9.17) is 0 Å². The van der Waals surface area contributed by atoms with Crippen molar-refractivity contribution in [2.75, 3.05) is 0 Å². The van der Waals surface area contributed by atoms with Crippen LogP contribution in [0.1, 0.15) is 70.2 Å². The number of benzene rings is 1. The SMILES string of the molecule is C=C.CC1=CC=c2c1c1c(c3c2=C(C)[CH-]C3(C)C)CC2=C1CC(C)(C)C=C2.[Cl-].[Cl-].[Zr+4].c1cc[cH-]c1. The van der Waals surface area contributed by atoms with Crippen molar-refractivity contribution < 1.29 is 51.0 Å². The number of hydrogen-bond donors (Lipinski definition) is 0. The van der Waals surface area contributed by atoms with Gasteiger partial charge in [-0.25, -0.2) is 24.1 Å². The molecule has 0 saturated heterocycles. The van der Waals surface area contributed by atoms with E-state index in [9.17, 15) is 0 Å². The smallest absolute Gasteiger partial charge is 1.00 e. The molecule has 0 atom stereocenters. The van der Waals surface area contributed by atoms with Crippen LogP contribution in [0, 0.1) is 11.8 Å². The fourth-order valence-corrected chi connectivity index (χ4v) is 5.99. The molecule has 4 aliphatic rings. The van der Waals surface area contributed by atoms with Gasteiger partial charge in [-0.15, -0.1) is 18.7 Å². The van der Waals surface area contributed by atoms with E-state index in [1.54, 1.807) is 27.8 Å². The molecule has 0 N–H and O–H groups in total. The first-order chi connectivity index (χ1) is 15.2. The topological polar surface area (TPSA) is 0 Å². The van der Waals surface area contributed by atoms with Crippen molar-refractivity contribution in [1.29, 1.82) is 0 Å². The van der Waals surface area contributed by atoms with Crippen LogP contribution in [0.25, 0.3) is 22.8 Å². The quantitative estimate of drug-likeness (QED) is 0.322. The molecule has 0 saturated carbocycles. The van der Waals surface area contributed by atoms with Gasteiger partial charge in [0.15, 0.2) is 0 Å². The second-order valence-corrected chi connectivity index (χ2v) is 10.6. The van der Waals surface area contributed by atoms with E-state index in [-0.39, 0.29) is 61.8 Å². The van der Waals surface area contributed by atoms with Gasteiger partial charge in [-0.2, -0.15) is 23.4 Å². The fourth-order valence-electron chi connectivity index (χ4n) is 5.99. The van der Waals surface area contributed by atoms with Gasteiger partial charge in [-0.3, -0.25) is 0 Å². The van der Waals surface area contributed by atoms with Crippen LogP contribution >= 0.6 is 0 Å². The maximum atomic E-state index is 3.00. The second-order valence-electron chi connectivity index (χ2n) is 10.6. The molecule has 4 aliphatic carbocycles. The summed E-state index contributed by atoms with van der Waals surface area (Å²) in [6, 6.07) is 10.0. The maximum Gasteiger partial charge on any atom is 4.00 e. The average Bonchev–Trinajstić information content (AvgIpc) is 3.51. The van der Waals surface area contributed by atoms with Crippen LogP contribution in [0.3, 0.4) is 0 Å². The van der Waals surface area contributed by atoms with Crippen molar-refractivity contribution in [3.63, 3.8) is 0 Å². The van der Waals surface area contributed by atoms with E-state index >= 15 is 0 Å². The summed E-state index contributed by atoms with van der Waals surface area (Å²) in [6.45, 7) is 20.1. The zero-order valence-corrected chi connectivity index (χ0v) is 25.8. The monoisotopic (exact) mass is 580 g/mol. The van der Waals surface area contributed by atoms with Crippen molar-refractivity contribution in [2.24, 2.45) is 5.41 Å². The number of halogens is 2. The number of hydrogen-bond acceptors (Lipinski definition) is 0. The summed E-state index contributed by atoms with van der Waals surface area (Å²) in [6.07, 6.45) is 14.3. The predicted molar refractivity (Wildman–Crippen MR) is 142 cm³/mol. The van der Waals surface area contributed by atoms with Crippen LogP contribution in [0.4, 0.5) is 0 Å². The van der Waals surface area contributed by atoms with Crippen LogP contribution in [-0.2, 0) is 38.0 Å². The Kier molecular flexibility index (Phi) is 10.6. The van der Waals surface area contributed by atoms with Crippen molar-refractivity contribution in [3.05, 3.63) is 106 Å². The van der Waals surface area contributed by atoms with Crippen LogP contribution in [0.5, 0.6) is 0 Å². The largest absolute Gasteiger partial charge is 4.00 e.